The number of hydrogen-bond acceptors (Lipinski definition) is 11. The van der Waals surface area contributed by atoms with Gasteiger partial charge in [-0.05, 0) is 19.1 Å². The van der Waals surface area contributed by atoms with Gasteiger partial charge in [0.2, 0.25) is 6.29 Å². The third-order valence-corrected chi connectivity index (χ3v) is 5.23. The third-order valence-electron chi connectivity index (χ3n) is 5.23. The summed E-state index contributed by atoms with van der Waals surface area (Å²) < 4.78 is 21.8. The molecule has 0 saturated carbocycles. The van der Waals surface area contributed by atoms with Gasteiger partial charge in [0, 0.05) is 0 Å². The average Bonchev–Trinajstić information content (AvgIpc) is 2.74. The molecule has 1 aromatic rings. The molecule has 11 nitrogen and oxygen atoms in total. The molecule has 7 N–H and O–H groups in total. The van der Waals surface area contributed by atoms with Gasteiger partial charge in [0.05, 0.1) is 13.2 Å². The van der Waals surface area contributed by atoms with Crippen LogP contribution in [-0.4, -0.2) is 110 Å². The molecule has 0 aliphatic carbocycles. The first kappa shape index (κ1) is 23.3. The second kappa shape index (κ2) is 9.83. The Morgan fingerprint density at radius 3 is 1.90 bits per heavy atom. The van der Waals surface area contributed by atoms with E-state index in [0.717, 1.165) is 5.56 Å². The standard InChI is InChI=1S/C19H28O11/c1-8-2-4-9(5-3-8)27-18-16(26)14(24)17(11(7-21)29-18)30-19-15(25)13(23)12(22)10(6-20)28-19/h2-5,10-26H,6-7H2,1H3/t10-,11-,12+,13+,14-,15-,16+,17-,18+,19?/m1/s1. The van der Waals surface area contributed by atoms with Crippen molar-refractivity contribution in [3.8, 4) is 5.75 Å². The normalized spacial score (nSPS) is 42.1. The molecule has 2 saturated heterocycles. The van der Waals surface area contributed by atoms with E-state index in [1.807, 2.05) is 6.92 Å². The van der Waals surface area contributed by atoms with Gasteiger partial charge in [-0.15, -0.1) is 0 Å². The van der Waals surface area contributed by atoms with Crippen LogP contribution in [-0.2, 0) is 14.2 Å². The summed E-state index contributed by atoms with van der Waals surface area (Å²) in [5.41, 5.74) is 0.994. The zero-order valence-corrected chi connectivity index (χ0v) is 16.3. The quantitative estimate of drug-likeness (QED) is 0.244. The molecule has 170 valence electrons. The van der Waals surface area contributed by atoms with Crippen LogP contribution in [0.4, 0.5) is 0 Å². The fraction of sp³-hybridized carbons (Fsp3) is 0.684. The molecule has 0 bridgehead atoms. The highest BCUT2D eigenvalue weighted by Crippen LogP contribution is 2.30. The van der Waals surface area contributed by atoms with Crippen molar-refractivity contribution >= 4 is 0 Å². The van der Waals surface area contributed by atoms with Crippen molar-refractivity contribution in [3.63, 3.8) is 0 Å². The Labute approximate surface area is 172 Å². The predicted octanol–water partition coefficient (Wildman–Crippen LogP) is -3.00. The minimum absolute atomic E-state index is 0.377. The molecule has 2 aliphatic heterocycles. The largest absolute Gasteiger partial charge is 0.462 e. The minimum Gasteiger partial charge on any atom is -0.462 e. The van der Waals surface area contributed by atoms with Crippen molar-refractivity contribution in [2.75, 3.05) is 13.2 Å². The molecule has 0 radical (unpaired) electrons. The highest BCUT2D eigenvalue weighted by molar-refractivity contribution is 5.26. The molecule has 10 atom stereocenters. The van der Waals surface area contributed by atoms with Gasteiger partial charge in [-0.25, -0.2) is 0 Å². The summed E-state index contributed by atoms with van der Waals surface area (Å²) in [6.07, 6.45) is -14.8. The van der Waals surface area contributed by atoms with Crippen molar-refractivity contribution in [1.29, 1.82) is 0 Å². The molecule has 30 heavy (non-hydrogen) atoms. The summed E-state index contributed by atoms with van der Waals surface area (Å²) in [5, 5.41) is 69.8. The maximum Gasteiger partial charge on any atom is 0.229 e. The van der Waals surface area contributed by atoms with E-state index < -0.39 is 74.6 Å². The summed E-state index contributed by atoms with van der Waals surface area (Å²) in [7, 11) is 0. The molecule has 2 fully saturated rings. The Morgan fingerprint density at radius 1 is 0.733 bits per heavy atom. The first-order chi connectivity index (χ1) is 14.3. The highest BCUT2D eigenvalue weighted by Gasteiger charge is 2.51. The van der Waals surface area contributed by atoms with E-state index in [4.69, 9.17) is 18.9 Å². The lowest BCUT2D eigenvalue weighted by Gasteiger charge is -2.45. The van der Waals surface area contributed by atoms with Gasteiger partial charge in [0.1, 0.15) is 54.6 Å². The molecule has 2 heterocycles. The van der Waals surface area contributed by atoms with Crippen LogP contribution in [0.1, 0.15) is 5.56 Å². The Kier molecular flexibility index (Phi) is 7.63. The molecule has 0 aromatic heterocycles. The third kappa shape index (κ3) is 4.75. The van der Waals surface area contributed by atoms with Gasteiger partial charge in [-0.2, -0.15) is 0 Å². The maximum absolute atomic E-state index is 10.5. The first-order valence-electron chi connectivity index (χ1n) is 9.58. The monoisotopic (exact) mass is 432 g/mol. The van der Waals surface area contributed by atoms with Crippen molar-refractivity contribution in [2.24, 2.45) is 0 Å². The van der Waals surface area contributed by atoms with Crippen LogP contribution in [0.25, 0.3) is 0 Å². The van der Waals surface area contributed by atoms with E-state index in [1.165, 1.54) is 0 Å². The van der Waals surface area contributed by atoms with E-state index in [2.05, 4.69) is 0 Å². The molecule has 0 spiro atoms. The van der Waals surface area contributed by atoms with Crippen LogP contribution < -0.4 is 4.74 Å². The summed E-state index contributed by atoms with van der Waals surface area (Å²) in [6.45, 7) is 0.606. The number of aryl methyl sites for hydroxylation is 1. The Bertz CT molecular complexity index is 667. The van der Waals surface area contributed by atoms with E-state index in [-0.39, 0.29) is 0 Å². The van der Waals surface area contributed by atoms with E-state index >= 15 is 0 Å². The number of hydrogen-bond donors (Lipinski definition) is 7. The van der Waals surface area contributed by atoms with E-state index in [9.17, 15) is 35.7 Å². The molecule has 3 rings (SSSR count). The van der Waals surface area contributed by atoms with Crippen molar-refractivity contribution in [1.82, 2.24) is 0 Å². The summed E-state index contributed by atoms with van der Waals surface area (Å²) in [6, 6.07) is 6.88. The topological polar surface area (TPSA) is 179 Å². The number of benzene rings is 1. The summed E-state index contributed by atoms with van der Waals surface area (Å²) in [4.78, 5) is 0. The zero-order valence-electron chi connectivity index (χ0n) is 16.3. The van der Waals surface area contributed by atoms with Crippen LogP contribution in [0.5, 0.6) is 5.75 Å². The zero-order chi connectivity index (χ0) is 22.0. The van der Waals surface area contributed by atoms with Gasteiger partial charge in [0.15, 0.2) is 6.29 Å². The molecule has 1 unspecified atom stereocenters. The van der Waals surface area contributed by atoms with Gasteiger partial charge in [-0.3, -0.25) is 0 Å². The predicted molar refractivity (Wildman–Crippen MR) is 98.2 cm³/mol. The highest BCUT2D eigenvalue weighted by atomic mass is 16.7. The van der Waals surface area contributed by atoms with Gasteiger partial charge in [0.25, 0.3) is 0 Å². The molecule has 1 aromatic carbocycles. The summed E-state index contributed by atoms with van der Waals surface area (Å²) >= 11 is 0. The molecule has 11 heteroatoms. The Hall–Kier alpha value is -1.38. The van der Waals surface area contributed by atoms with Crippen LogP contribution in [0, 0.1) is 6.92 Å². The fourth-order valence-corrected chi connectivity index (χ4v) is 3.40. The molecular weight excluding hydrogens is 404 g/mol. The lowest BCUT2D eigenvalue weighted by molar-refractivity contribution is -0.352. The second-order valence-corrected chi connectivity index (χ2v) is 7.44. The van der Waals surface area contributed by atoms with Crippen LogP contribution in [0.3, 0.4) is 0 Å². The number of ether oxygens (including phenoxy) is 4. The maximum atomic E-state index is 10.5. The molecule has 0 amide bonds. The number of aliphatic hydroxyl groups excluding tert-OH is 7. The van der Waals surface area contributed by atoms with Gasteiger partial charge in [-0.1, -0.05) is 17.7 Å². The number of aliphatic hydroxyl groups is 7. The Balaban J connectivity index is 1.71. The minimum atomic E-state index is -1.71. The van der Waals surface area contributed by atoms with Crippen molar-refractivity contribution in [3.05, 3.63) is 29.8 Å². The van der Waals surface area contributed by atoms with Crippen LogP contribution >= 0.6 is 0 Å². The van der Waals surface area contributed by atoms with Crippen LogP contribution in [0.2, 0.25) is 0 Å². The summed E-state index contributed by atoms with van der Waals surface area (Å²) in [5.74, 6) is 0.377. The second-order valence-electron chi connectivity index (χ2n) is 7.44. The molecule has 2 aliphatic rings. The number of rotatable bonds is 6. The smallest absolute Gasteiger partial charge is 0.229 e. The van der Waals surface area contributed by atoms with Crippen molar-refractivity contribution < 1.29 is 54.7 Å². The molecular formula is C19H28O11. The van der Waals surface area contributed by atoms with Crippen LogP contribution in [0.15, 0.2) is 24.3 Å². The lowest BCUT2D eigenvalue weighted by atomic mass is 9.97. The fourth-order valence-electron chi connectivity index (χ4n) is 3.40. The SMILES string of the molecule is Cc1ccc(O[C@H]2O[C@H](CO)[C@@H](OC3O[C@H](CO)[C@H](O)[C@H](O)[C@H]3O)[C@H](O)[C@@H]2O)cc1. The average molecular weight is 432 g/mol. The van der Waals surface area contributed by atoms with Crippen molar-refractivity contribution in [2.45, 2.75) is 68.3 Å². The lowest BCUT2D eigenvalue weighted by Crippen LogP contribution is -2.65. The van der Waals surface area contributed by atoms with E-state index in [0.29, 0.717) is 5.75 Å². The Morgan fingerprint density at radius 2 is 1.30 bits per heavy atom. The first-order valence-corrected chi connectivity index (χ1v) is 9.58. The van der Waals surface area contributed by atoms with Gasteiger partial charge < -0.3 is 54.7 Å². The van der Waals surface area contributed by atoms with E-state index in [1.54, 1.807) is 24.3 Å². The van der Waals surface area contributed by atoms with Gasteiger partial charge >= 0.3 is 0 Å².